The van der Waals surface area contributed by atoms with E-state index in [9.17, 15) is 0 Å². The molecule has 1 N–H and O–H groups in total. The van der Waals surface area contributed by atoms with Crippen LogP contribution in [0.4, 0.5) is 0 Å². The van der Waals surface area contributed by atoms with Crippen LogP contribution in [-0.4, -0.2) is 19.3 Å². The molecule has 1 fully saturated rings. The molecule has 1 saturated carbocycles. The van der Waals surface area contributed by atoms with Gasteiger partial charge < -0.3 is 10.1 Å². The zero-order valence-electron chi connectivity index (χ0n) is 13.8. The van der Waals surface area contributed by atoms with Gasteiger partial charge in [-0.1, -0.05) is 58.9 Å². The number of hydrogen-bond donors (Lipinski definition) is 1. The molecule has 1 aliphatic rings. The van der Waals surface area contributed by atoms with E-state index in [0.29, 0.717) is 12.1 Å². The minimum absolute atomic E-state index is 0.230. The van der Waals surface area contributed by atoms with Crippen LogP contribution in [0.15, 0.2) is 24.3 Å². The van der Waals surface area contributed by atoms with E-state index in [2.05, 4.69) is 64.2 Å². The highest BCUT2D eigenvalue weighted by Gasteiger charge is 2.48. The highest BCUT2D eigenvalue weighted by atomic mass is 16.5. The number of methoxy groups -OCH3 is 1. The molecule has 0 radical (unpaired) electrons. The van der Waals surface area contributed by atoms with Gasteiger partial charge in [0.2, 0.25) is 0 Å². The van der Waals surface area contributed by atoms with Crippen LogP contribution in [-0.2, 0) is 16.7 Å². The summed E-state index contributed by atoms with van der Waals surface area (Å²) in [4.78, 5) is 0. The monoisotopic (exact) mass is 275 g/mol. The Morgan fingerprint density at radius 3 is 2.25 bits per heavy atom. The second-order valence-corrected chi connectivity index (χ2v) is 7.66. The quantitative estimate of drug-likeness (QED) is 0.900. The minimum atomic E-state index is 0.230. The number of ether oxygens (including phenoxy) is 1. The van der Waals surface area contributed by atoms with Gasteiger partial charge in [-0.2, -0.15) is 0 Å². The van der Waals surface area contributed by atoms with E-state index in [1.165, 1.54) is 11.1 Å². The maximum absolute atomic E-state index is 5.50. The Hall–Kier alpha value is -0.860. The predicted molar refractivity (Wildman–Crippen MR) is 85.0 cm³/mol. The Morgan fingerprint density at radius 2 is 1.80 bits per heavy atom. The summed E-state index contributed by atoms with van der Waals surface area (Å²) in [7, 11) is 1.81. The Bertz CT molecular complexity index is 441. The summed E-state index contributed by atoms with van der Waals surface area (Å²) in [5.74, 6) is 0. The molecule has 2 rings (SSSR count). The van der Waals surface area contributed by atoms with Gasteiger partial charge in [-0.05, 0) is 23.0 Å². The van der Waals surface area contributed by atoms with Crippen molar-refractivity contribution in [2.45, 2.75) is 65.1 Å². The predicted octanol–water partition coefficient (Wildman–Crippen LogP) is 3.89. The molecule has 1 aromatic rings. The zero-order valence-corrected chi connectivity index (χ0v) is 13.8. The van der Waals surface area contributed by atoms with Crippen LogP contribution in [0, 0.1) is 5.41 Å². The van der Waals surface area contributed by atoms with Crippen molar-refractivity contribution >= 4 is 0 Å². The van der Waals surface area contributed by atoms with Gasteiger partial charge in [-0.3, -0.25) is 0 Å². The second kappa shape index (κ2) is 5.50. The van der Waals surface area contributed by atoms with Crippen LogP contribution < -0.4 is 5.32 Å². The highest BCUT2D eigenvalue weighted by Crippen LogP contribution is 2.42. The molecule has 0 amide bonds. The van der Waals surface area contributed by atoms with Crippen molar-refractivity contribution in [1.29, 1.82) is 0 Å². The first-order valence-corrected chi connectivity index (χ1v) is 7.60. The number of nitrogens with one attached hydrogen (secondary N) is 1. The maximum Gasteiger partial charge on any atom is 0.0652 e. The molecular formula is C18H29NO. The third-order valence-corrected chi connectivity index (χ3v) is 4.83. The molecule has 2 nitrogen and oxygen atoms in total. The third-order valence-electron chi connectivity index (χ3n) is 4.83. The average Bonchev–Trinajstić information content (AvgIpc) is 2.37. The van der Waals surface area contributed by atoms with Gasteiger partial charge in [-0.25, -0.2) is 0 Å². The summed E-state index contributed by atoms with van der Waals surface area (Å²) in [6, 6.07) is 9.54. The van der Waals surface area contributed by atoms with Crippen LogP contribution in [0.3, 0.4) is 0 Å². The summed E-state index contributed by atoms with van der Waals surface area (Å²) >= 11 is 0. The lowest BCUT2D eigenvalue weighted by Gasteiger charge is -2.51. The molecule has 0 aromatic heterocycles. The summed E-state index contributed by atoms with van der Waals surface area (Å²) < 4.78 is 5.50. The smallest absolute Gasteiger partial charge is 0.0652 e. The van der Waals surface area contributed by atoms with E-state index in [1.807, 2.05) is 7.11 Å². The number of hydrogen-bond acceptors (Lipinski definition) is 2. The van der Waals surface area contributed by atoms with Crippen LogP contribution >= 0.6 is 0 Å². The normalized spacial score (nSPS) is 25.3. The average molecular weight is 275 g/mol. The lowest BCUT2D eigenvalue weighted by atomic mass is 9.64. The molecule has 0 aliphatic heterocycles. The Labute approximate surface area is 123 Å². The summed E-state index contributed by atoms with van der Waals surface area (Å²) in [5.41, 5.74) is 3.22. The maximum atomic E-state index is 5.50. The minimum Gasteiger partial charge on any atom is -0.381 e. The lowest BCUT2D eigenvalue weighted by molar-refractivity contribution is -0.0979. The molecular weight excluding hydrogens is 246 g/mol. The first-order valence-electron chi connectivity index (χ1n) is 7.60. The van der Waals surface area contributed by atoms with Crippen LogP contribution in [0.2, 0.25) is 0 Å². The number of rotatable bonds is 4. The summed E-state index contributed by atoms with van der Waals surface area (Å²) in [6.07, 6.45) is 1.51. The molecule has 20 heavy (non-hydrogen) atoms. The van der Waals surface area contributed by atoms with Crippen molar-refractivity contribution in [2.75, 3.05) is 7.11 Å². The largest absolute Gasteiger partial charge is 0.381 e. The number of benzene rings is 1. The van der Waals surface area contributed by atoms with Gasteiger partial charge in [0, 0.05) is 25.1 Å². The fraction of sp³-hybridized carbons (Fsp3) is 0.667. The van der Waals surface area contributed by atoms with Crippen molar-refractivity contribution in [1.82, 2.24) is 5.32 Å². The van der Waals surface area contributed by atoms with Crippen LogP contribution in [0.1, 0.15) is 52.2 Å². The van der Waals surface area contributed by atoms with Crippen molar-refractivity contribution in [2.24, 2.45) is 5.41 Å². The molecule has 2 atom stereocenters. The van der Waals surface area contributed by atoms with Crippen LogP contribution in [0.25, 0.3) is 0 Å². The fourth-order valence-corrected chi connectivity index (χ4v) is 3.00. The first-order chi connectivity index (χ1) is 9.25. The molecule has 112 valence electrons. The molecule has 0 spiro atoms. The second-order valence-electron chi connectivity index (χ2n) is 7.66. The van der Waals surface area contributed by atoms with E-state index in [4.69, 9.17) is 4.74 Å². The lowest BCUT2D eigenvalue weighted by Crippen LogP contribution is -2.60. The van der Waals surface area contributed by atoms with Gasteiger partial charge in [0.1, 0.15) is 0 Å². The van der Waals surface area contributed by atoms with E-state index in [-0.39, 0.29) is 10.8 Å². The standard InChI is InChI=1S/C18H29NO/c1-17(2,3)14-9-7-13(8-10-14)12-19-15-11-16(20-6)18(15,4)5/h7-10,15-16,19H,11-12H2,1-6H3. The summed E-state index contributed by atoms with van der Waals surface area (Å²) in [6.45, 7) is 12.3. The molecule has 0 saturated heterocycles. The molecule has 1 aliphatic carbocycles. The van der Waals surface area contributed by atoms with Crippen molar-refractivity contribution < 1.29 is 4.74 Å². The van der Waals surface area contributed by atoms with Gasteiger partial charge >= 0.3 is 0 Å². The Kier molecular flexibility index (Phi) is 4.27. The zero-order chi connectivity index (χ0) is 15.0. The topological polar surface area (TPSA) is 21.3 Å². The third kappa shape index (κ3) is 3.07. The molecule has 1 aromatic carbocycles. The fourth-order valence-electron chi connectivity index (χ4n) is 3.00. The van der Waals surface area contributed by atoms with E-state index in [1.54, 1.807) is 0 Å². The van der Waals surface area contributed by atoms with Gasteiger partial charge in [-0.15, -0.1) is 0 Å². The van der Waals surface area contributed by atoms with Crippen molar-refractivity contribution in [3.05, 3.63) is 35.4 Å². The Balaban J connectivity index is 1.90. The van der Waals surface area contributed by atoms with Gasteiger partial charge in [0.25, 0.3) is 0 Å². The SMILES string of the molecule is COC1CC(NCc2ccc(C(C)(C)C)cc2)C1(C)C. The van der Waals surface area contributed by atoms with E-state index < -0.39 is 0 Å². The van der Waals surface area contributed by atoms with Gasteiger partial charge in [0.15, 0.2) is 0 Å². The summed E-state index contributed by atoms with van der Waals surface area (Å²) in [5, 5.41) is 3.67. The van der Waals surface area contributed by atoms with Gasteiger partial charge in [0.05, 0.1) is 6.10 Å². The molecule has 2 unspecified atom stereocenters. The van der Waals surface area contributed by atoms with E-state index in [0.717, 1.165) is 13.0 Å². The first kappa shape index (κ1) is 15.5. The molecule has 0 heterocycles. The Morgan fingerprint density at radius 1 is 1.20 bits per heavy atom. The molecule has 0 bridgehead atoms. The molecule has 2 heteroatoms. The van der Waals surface area contributed by atoms with Crippen LogP contribution in [0.5, 0.6) is 0 Å². The highest BCUT2D eigenvalue weighted by molar-refractivity contribution is 5.27. The van der Waals surface area contributed by atoms with Crippen molar-refractivity contribution in [3.8, 4) is 0 Å². The van der Waals surface area contributed by atoms with E-state index >= 15 is 0 Å². The van der Waals surface area contributed by atoms with Crippen molar-refractivity contribution in [3.63, 3.8) is 0 Å².